The molecule has 0 unspecified atom stereocenters. The monoisotopic (exact) mass is 298 g/mol. The van der Waals surface area contributed by atoms with E-state index in [-0.39, 0.29) is 22.8 Å². The Kier molecular flexibility index (Phi) is 3.53. The lowest BCUT2D eigenvalue weighted by molar-refractivity contribution is 0.0987. The van der Waals surface area contributed by atoms with Crippen molar-refractivity contribution in [2.45, 2.75) is 4.90 Å². The number of thioether (sulfide) groups is 1. The van der Waals surface area contributed by atoms with Crippen molar-refractivity contribution in [1.82, 2.24) is 9.97 Å². The second-order valence-corrected chi connectivity index (χ2v) is 5.38. The molecule has 0 bridgehead atoms. The molecule has 1 aromatic carbocycles. The highest BCUT2D eigenvalue weighted by Crippen LogP contribution is 2.33. The maximum Gasteiger partial charge on any atom is 0.219 e. The van der Waals surface area contributed by atoms with E-state index in [0.29, 0.717) is 4.91 Å². The van der Waals surface area contributed by atoms with Gasteiger partial charge in [-0.1, -0.05) is 11.8 Å². The van der Waals surface area contributed by atoms with Crippen molar-refractivity contribution in [3.05, 3.63) is 59.0 Å². The van der Waals surface area contributed by atoms with Gasteiger partial charge < -0.3 is 4.74 Å². The topological polar surface area (TPSA) is 69.2 Å². The lowest BCUT2D eigenvalue weighted by atomic mass is 10.0. The van der Waals surface area contributed by atoms with Crippen molar-refractivity contribution < 1.29 is 14.3 Å². The van der Waals surface area contributed by atoms with Gasteiger partial charge >= 0.3 is 0 Å². The highest BCUT2D eigenvalue weighted by molar-refractivity contribution is 8.04. The van der Waals surface area contributed by atoms with Gasteiger partial charge in [0.25, 0.3) is 0 Å². The number of fused-ring (bicyclic) bond motifs is 1. The van der Waals surface area contributed by atoms with Gasteiger partial charge in [0.05, 0.1) is 17.6 Å². The fourth-order valence-corrected chi connectivity index (χ4v) is 2.80. The average molecular weight is 298 g/mol. The van der Waals surface area contributed by atoms with Crippen LogP contribution >= 0.6 is 11.8 Å². The van der Waals surface area contributed by atoms with E-state index in [4.69, 9.17) is 4.74 Å². The molecule has 104 valence electrons. The molecule has 1 aliphatic rings. The SMILES string of the molecule is COc1ccc(SC2=CC(=O)c3cncnc3C2=O)cc1. The van der Waals surface area contributed by atoms with Crippen molar-refractivity contribution in [3.8, 4) is 5.75 Å². The third kappa shape index (κ3) is 2.57. The second kappa shape index (κ2) is 5.49. The van der Waals surface area contributed by atoms with E-state index in [2.05, 4.69) is 9.97 Å². The summed E-state index contributed by atoms with van der Waals surface area (Å²) in [6.45, 7) is 0. The number of nitrogens with zero attached hydrogens (tertiary/aromatic N) is 2. The first-order valence-electron chi connectivity index (χ1n) is 6.11. The Hall–Kier alpha value is -2.47. The fourth-order valence-electron chi connectivity index (χ4n) is 1.92. The summed E-state index contributed by atoms with van der Waals surface area (Å²) in [7, 11) is 1.59. The standard InChI is InChI=1S/C15H10N2O3S/c1-20-9-2-4-10(5-3-9)21-13-6-12(18)11-7-16-8-17-14(11)15(13)19/h2-8H,1H3. The lowest BCUT2D eigenvalue weighted by Crippen LogP contribution is -2.17. The minimum Gasteiger partial charge on any atom is -0.497 e. The Labute approximate surface area is 125 Å². The number of Topliss-reactive ketones (excluding diaryl/α,β-unsaturated/α-hetero) is 1. The number of ether oxygens (including phenoxy) is 1. The number of rotatable bonds is 3. The highest BCUT2D eigenvalue weighted by Gasteiger charge is 2.27. The van der Waals surface area contributed by atoms with Crippen molar-refractivity contribution in [2.75, 3.05) is 7.11 Å². The third-order valence-electron chi connectivity index (χ3n) is 2.97. The zero-order valence-corrected chi connectivity index (χ0v) is 11.9. The Balaban J connectivity index is 1.89. The molecule has 0 atom stereocenters. The molecule has 0 saturated heterocycles. The van der Waals surface area contributed by atoms with Crippen LogP contribution in [0.5, 0.6) is 5.75 Å². The van der Waals surface area contributed by atoms with Crippen LogP contribution in [0, 0.1) is 0 Å². The number of hydrogen-bond donors (Lipinski definition) is 0. The van der Waals surface area contributed by atoms with Crippen LogP contribution in [0.25, 0.3) is 0 Å². The molecule has 0 saturated carbocycles. The molecule has 5 nitrogen and oxygen atoms in total. The van der Waals surface area contributed by atoms with Crippen LogP contribution < -0.4 is 4.74 Å². The molecule has 21 heavy (non-hydrogen) atoms. The quantitative estimate of drug-likeness (QED) is 0.867. The van der Waals surface area contributed by atoms with E-state index in [1.54, 1.807) is 19.2 Å². The van der Waals surface area contributed by atoms with Gasteiger partial charge in [-0.2, -0.15) is 0 Å². The van der Waals surface area contributed by atoms with Gasteiger partial charge in [0.1, 0.15) is 17.8 Å². The average Bonchev–Trinajstić information content (AvgIpc) is 2.53. The van der Waals surface area contributed by atoms with Crippen LogP contribution in [0.3, 0.4) is 0 Å². The largest absolute Gasteiger partial charge is 0.497 e. The van der Waals surface area contributed by atoms with E-state index < -0.39 is 0 Å². The molecular formula is C15H10N2O3S. The van der Waals surface area contributed by atoms with Gasteiger partial charge in [0, 0.05) is 17.2 Å². The number of methoxy groups -OCH3 is 1. The predicted octanol–water partition coefficient (Wildman–Crippen LogP) is 2.54. The molecule has 0 N–H and O–H groups in total. The predicted molar refractivity (Wildman–Crippen MR) is 77.6 cm³/mol. The van der Waals surface area contributed by atoms with Gasteiger partial charge in [-0.05, 0) is 24.3 Å². The molecule has 2 aromatic rings. The molecule has 0 amide bonds. The van der Waals surface area contributed by atoms with E-state index >= 15 is 0 Å². The molecule has 0 spiro atoms. The number of carbonyl (C=O) groups is 2. The van der Waals surface area contributed by atoms with Crippen LogP contribution in [-0.2, 0) is 0 Å². The molecule has 6 heteroatoms. The molecule has 0 aliphatic heterocycles. The van der Waals surface area contributed by atoms with E-state index in [1.807, 2.05) is 12.1 Å². The van der Waals surface area contributed by atoms with Crippen LogP contribution in [0.1, 0.15) is 20.8 Å². The number of benzene rings is 1. The minimum absolute atomic E-state index is 0.161. The maximum atomic E-state index is 12.3. The fraction of sp³-hybridized carbons (Fsp3) is 0.0667. The zero-order chi connectivity index (χ0) is 14.8. The van der Waals surface area contributed by atoms with Crippen molar-refractivity contribution in [2.24, 2.45) is 0 Å². The summed E-state index contributed by atoms with van der Waals surface area (Å²) in [5.74, 6) is 0.228. The summed E-state index contributed by atoms with van der Waals surface area (Å²) >= 11 is 1.23. The molecule has 3 rings (SSSR count). The van der Waals surface area contributed by atoms with Gasteiger partial charge in [0.2, 0.25) is 5.78 Å². The Bertz CT molecular complexity index is 754. The number of ketones is 2. The van der Waals surface area contributed by atoms with Gasteiger partial charge in [-0.15, -0.1) is 0 Å². The first-order chi connectivity index (χ1) is 10.2. The van der Waals surface area contributed by atoms with E-state index in [1.165, 1.54) is 30.4 Å². The molecule has 1 heterocycles. The first kappa shape index (κ1) is 13.5. The molecule has 1 aliphatic carbocycles. The van der Waals surface area contributed by atoms with Crippen molar-refractivity contribution in [1.29, 1.82) is 0 Å². The summed E-state index contributed by atoms with van der Waals surface area (Å²) < 4.78 is 5.08. The number of aromatic nitrogens is 2. The van der Waals surface area contributed by atoms with Crippen LogP contribution in [-0.4, -0.2) is 28.6 Å². The van der Waals surface area contributed by atoms with Gasteiger partial charge in [-0.25, -0.2) is 9.97 Å². The summed E-state index contributed by atoms with van der Waals surface area (Å²) in [4.78, 5) is 33.2. The lowest BCUT2D eigenvalue weighted by Gasteiger charge is -2.13. The number of allylic oxidation sites excluding steroid dienone is 2. The summed E-state index contributed by atoms with van der Waals surface area (Å²) in [6, 6.07) is 7.26. The van der Waals surface area contributed by atoms with Crippen molar-refractivity contribution >= 4 is 23.3 Å². The smallest absolute Gasteiger partial charge is 0.219 e. The maximum absolute atomic E-state index is 12.3. The second-order valence-electron chi connectivity index (χ2n) is 4.26. The highest BCUT2D eigenvalue weighted by atomic mass is 32.2. The summed E-state index contributed by atoms with van der Waals surface area (Å²) in [6.07, 6.45) is 3.97. The Morgan fingerprint density at radius 1 is 1.14 bits per heavy atom. The molecule has 0 radical (unpaired) electrons. The van der Waals surface area contributed by atoms with Gasteiger partial charge in [-0.3, -0.25) is 9.59 Å². The summed E-state index contributed by atoms with van der Waals surface area (Å²) in [5.41, 5.74) is 0.412. The summed E-state index contributed by atoms with van der Waals surface area (Å²) in [5, 5.41) is 0. The van der Waals surface area contributed by atoms with Crippen LogP contribution in [0.4, 0.5) is 0 Å². The zero-order valence-electron chi connectivity index (χ0n) is 11.1. The van der Waals surface area contributed by atoms with Crippen molar-refractivity contribution in [3.63, 3.8) is 0 Å². The normalized spacial score (nSPS) is 13.7. The Morgan fingerprint density at radius 2 is 1.90 bits per heavy atom. The first-order valence-corrected chi connectivity index (χ1v) is 6.93. The minimum atomic E-state index is -0.257. The van der Waals surface area contributed by atoms with E-state index in [9.17, 15) is 9.59 Å². The number of carbonyl (C=O) groups excluding carboxylic acids is 2. The Morgan fingerprint density at radius 3 is 2.62 bits per heavy atom. The molecule has 0 fully saturated rings. The molecular weight excluding hydrogens is 288 g/mol. The van der Waals surface area contributed by atoms with Crippen LogP contribution in [0.2, 0.25) is 0 Å². The number of hydrogen-bond acceptors (Lipinski definition) is 6. The molecule has 1 aromatic heterocycles. The van der Waals surface area contributed by atoms with Gasteiger partial charge in [0.15, 0.2) is 5.78 Å². The van der Waals surface area contributed by atoms with Crippen LogP contribution in [0.15, 0.2) is 52.7 Å². The van der Waals surface area contributed by atoms with E-state index in [0.717, 1.165) is 10.6 Å². The third-order valence-corrected chi connectivity index (χ3v) is 4.00.